The van der Waals surface area contributed by atoms with Gasteiger partial charge < -0.3 is 4.42 Å². The summed E-state index contributed by atoms with van der Waals surface area (Å²) in [5, 5.41) is 12.5. The average Bonchev–Trinajstić information content (AvgIpc) is 3.55. The minimum absolute atomic E-state index is 0.0267. The van der Waals surface area contributed by atoms with Crippen LogP contribution < -0.4 is 10.3 Å². The summed E-state index contributed by atoms with van der Waals surface area (Å²) >= 11 is 9.03. The van der Waals surface area contributed by atoms with Gasteiger partial charge in [0.25, 0.3) is 5.91 Å². The van der Waals surface area contributed by atoms with E-state index in [1.165, 1.54) is 32.6 Å². The van der Waals surface area contributed by atoms with Gasteiger partial charge in [0, 0.05) is 10.8 Å². The molecule has 1 atom stereocenters. The predicted octanol–water partition coefficient (Wildman–Crippen LogP) is 7.49. The first-order chi connectivity index (χ1) is 19.1. The van der Waals surface area contributed by atoms with Crippen molar-refractivity contribution in [3.8, 4) is 0 Å². The Balaban J connectivity index is 1.28. The SMILES string of the molecule is O=C1c2oc3ccccc3c(=O)c2[C@@H](c2ccc(Cl)cc2)N1c1nnc(SCc2cccc3ccccc23)s1. The quantitative estimate of drug-likeness (QED) is 0.159. The molecule has 0 unspecified atom stereocenters. The topological polar surface area (TPSA) is 76.3 Å². The van der Waals surface area contributed by atoms with Crippen LogP contribution >= 0.6 is 34.7 Å². The van der Waals surface area contributed by atoms with E-state index in [4.69, 9.17) is 16.0 Å². The van der Waals surface area contributed by atoms with Gasteiger partial charge in [-0.1, -0.05) is 101 Å². The largest absolute Gasteiger partial charge is 0.450 e. The van der Waals surface area contributed by atoms with Crippen LogP contribution in [0.1, 0.15) is 33.3 Å². The molecule has 190 valence electrons. The van der Waals surface area contributed by atoms with Gasteiger partial charge in [0.15, 0.2) is 9.77 Å². The summed E-state index contributed by atoms with van der Waals surface area (Å²) in [5.41, 5.74) is 2.35. The van der Waals surface area contributed by atoms with E-state index in [-0.39, 0.29) is 11.2 Å². The molecule has 1 aliphatic heterocycles. The summed E-state index contributed by atoms with van der Waals surface area (Å²) in [6.07, 6.45) is 0. The monoisotopic (exact) mass is 567 g/mol. The van der Waals surface area contributed by atoms with Gasteiger partial charge in [0.2, 0.25) is 10.9 Å². The van der Waals surface area contributed by atoms with Gasteiger partial charge in [0.1, 0.15) is 5.58 Å². The number of carbonyl (C=O) groups excluding carboxylic acids is 1. The van der Waals surface area contributed by atoms with Crippen LogP contribution in [0.4, 0.5) is 5.13 Å². The van der Waals surface area contributed by atoms with Crippen LogP contribution in [0.25, 0.3) is 21.7 Å². The number of fused-ring (bicyclic) bond motifs is 3. The van der Waals surface area contributed by atoms with Gasteiger partial charge in [-0.25, -0.2) is 0 Å². The lowest BCUT2D eigenvalue weighted by atomic mass is 9.99. The molecule has 0 aliphatic carbocycles. The highest BCUT2D eigenvalue weighted by Crippen LogP contribution is 2.43. The number of para-hydroxylation sites is 1. The van der Waals surface area contributed by atoms with Gasteiger partial charge in [-0.3, -0.25) is 14.5 Å². The van der Waals surface area contributed by atoms with E-state index in [1.807, 2.05) is 24.3 Å². The summed E-state index contributed by atoms with van der Waals surface area (Å²) < 4.78 is 6.73. The highest BCUT2D eigenvalue weighted by atomic mass is 35.5. The van der Waals surface area contributed by atoms with E-state index in [0.717, 1.165) is 9.90 Å². The molecule has 6 aromatic rings. The minimum Gasteiger partial charge on any atom is -0.450 e. The maximum Gasteiger partial charge on any atom is 0.297 e. The highest BCUT2D eigenvalue weighted by Gasteiger charge is 2.45. The number of anilines is 1. The normalized spacial score (nSPS) is 14.8. The first kappa shape index (κ1) is 24.1. The first-order valence-electron chi connectivity index (χ1n) is 12.2. The molecule has 0 saturated carbocycles. The molecule has 7 rings (SSSR count). The zero-order valence-electron chi connectivity index (χ0n) is 20.2. The van der Waals surface area contributed by atoms with E-state index in [0.29, 0.717) is 32.4 Å². The molecule has 0 spiro atoms. The predicted molar refractivity (Wildman–Crippen MR) is 156 cm³/mol. The summed E-state index contributed by atoms with van der Waals surface area (Å²) in [4.78, 5) is 29.0. The summed E-state index contributed by atoms with van der Waals surface area (Å²) in [6, 6.07) is 27.9. The molecule has 39 heavy (non-hydrogen) atoms. The van der Waals surface area contributed by atoms with E-state index in [1.54, 1.807) is 48.2 Å². The van der Waals surface area contributed by atoms with Crippen LogP contribution in [-0.2, 0) is 5.75 Å². The average molecular weight is 568 g/mol. The molecule has 0 N–H and O–H groups in total. The van der Waals surface area contributed by atoms with Crippen molar-refractivity contribution in [2.45, 2.75) is 16.1 Å². The van der Waals surface area contributed by atoms with Crippen LogP contribution in [0, 0.1) is 0 Å². The standard InChI is InChI=1S/C30H18ClN3O3S2/c31-20-14-12-18(13-15-20)25-24-26(35)22-10-3-4-11-23(22)37-27(24)28(36)34(25)29-32-33-30(39-29)38-16-19-8-5-7-17-6-1-2-9-21(17)19/h1-15,25H,16H2/t25-/m1/s1. The summed E-state index contributed by atoms with van der Waals surface area (Å²) in [5.74, 6) is 0.310. The van der Waals surface area contributed by atoms with Crippen LogP contribution in [0.3, 0.4) is 0 Å². The number of thioether (sulfide) groups is 1. The Labute approximate surface area is 235 Å². The smallest absolute Gasteiger partial charge is 0.297 e. The van der Waals surface area contributed by atoms with Crippen molar-refractivity contribution in [1.29, 1.82) is 0 Å². The third kappa shape index (κ3) is 4.12. The van der Waals surface area contributed by atoms with Crippen LogP contribution in [0.15, 0.2) is 105 Å². The zero-order chi connectivity index (χ0) is 26.5. The molecule has 0 fully saturated rings. The number of rotatable bonds is 5. The van der Waals surface area contributed by atoms with E-state index >= 15 is 0 Å². The fraction of sp³-hybridized carbons (Fsp3) is 0.0667. The Morgan fingerprint density at radius 1 is 0.872 bits per heavy atom. The second-order valence-corrected chi connectivity index (χ2v) is 11.7. The lowest BCUT2D eigenvalue weighted by Gasteiger charge is -2.22. The van der Waals surface area contributed by atoms with Crippen LogP contribution in [-0.4, -0.2) is 16.1 Å². The Morgan fingerprint density at radius 3 is 2.46 bits per heavy atom. The summed E-state index contributed by atoms with van der Waals surface area (Å²) in [7, 11) is 0. The molecule has 3 heterocycles. The molecule has 0 bridgehead atoms. The fourth-order valence-electron chi connectivity index (χ4n) is 4.99. The molecule has 2 aromatic heterocycles. The third-order valence-electron chi connectivity index (χ3n) is 6.80. The number of aromatic nitrogens is 2. The Hall–Kier alpha value is -3.98. The number of halogens is 1. The number of hydrogen-bond donors (Lipinski definition) is 0. The van der Waals surface area contributed by atoms with Gasteiger partial charge in [-0.15, -0.1) is 10.2 Å². The first-order valence-corrected chi connectivity index (χ1v) is 14.3. The third-order valence-corrected chi connectivity index (χ3v) is 9.15. The number of amides is 1. The molecule has 6 nitrogen and oxygen atoms in total. The van der Waals surface area contributed by atoms with Gasteiger partial charge >= 0.3 is 0 Å². The number of hydrogen-bond acceptors (Lipinski definition) is 7. The highest BCUT2D eigenvalue weighted by molar-refractivity contribution is 8.00. The van der Waals surface area contributed by atoms with Crippen molar-refractivity contribution >= 4 is 67.5 Å². The molecule has 9 heteroatoms. The van der Waals surface area contributed by atoms with Crippen LogP contribution in [0.2, 0.25) is 5.02 Å². The molecule has 0 radical (unpaired) electrons. The molecular weight excluding hydrogens is 550 g/mol. The number of carbonyl (C=O) groups is 1. The zero-order valence-corrected chi connectivity index (χ0v) is 22.6. The molecule has 0 saturated heterocycles. The van der Waals surface area contributed by atoms with E-state index in [2.05, 4.69) is 40.5 Å². The van der Waals surface area contributed by atoms with Crippen molar-refractivity contribution in [3.05, 3.63) is 129 Å². The second-order valence-electron chi connectivity index (χ2n) is 9.08. The summed E-state index contributed by atoms with van der Waals surface area (Å²) in [6.45, 7) is 0. The second kappa shape index (κ2) is 9.64. The minimum atomic E-state index is -0.713. The van der Waals surface area contributed by atoms with Gasteiger partial charge in [-0.05, 0) is 46.2 Å². The van der Waals surface area contributed by atoms with Crippen molar-refractivity contribution in [3.63, 3.8) is 0 Å². The lowest BCUT2D eigenvalue weighted by Crippen LogP contribution is -2.29. The Kier molecular flexibility index (Phi) is 5.96. The van der Waals surface area contributed by atoms with Gasteiger partial charge in [0.05, 0.1) is 17.0 Å². The number of benzene rings is 4. The molecule has 1 amide bonds. The Morgan fingerprint density at radius 2 is 1.62 bits per heavy atom. The molecule has 1 aliphatic rings. The number of nitrogens with zero attached hydrogens (tertiary/aromatic N) is 3. The van der Waals surface area contributed by atoms with Crippen molar-refractivity contribution in [2.24, 2.45) is 0 Å². The van der Waals surface area contributed by atoms with E-state index < -0.39 is 11.9 Å². The molecular formula is C30H18ClN3O3S2. The Bertz CT molecular complexity index is 1950. The van der Waals surface area contributed by atoms with Crippen molar-refractivity contribution < 1.29 is 9.21 Å². The van der Waals surface area contributed by atoms with Crippen molar-refractivity contribution in [2.75, 3.05) is 4.90 Å². The molecule has 4 aromatic carbocycles. The van der Waals surface area contributed by atoms with Gasteiger partial charge in [-0.2, -0.15) is 0 Å². The lowest BCUT2D eigenvalue weighted by molar-refractivity contribution is 0.0970. The maximum absolute atomic E-state index is 13.8. The maximum atomic E-state index is 13.8. The van der Waals surface area contributed by atoms with Crippen LogP contribution in [0.5, 0.6) is 0 Å². The fourth-order valence-corrected chi connectivity index (χ4v) is 6.99. The van der Waals surface area contributed by atoms with Crippen molar-refractivity contribution in [1.82, 2.24) is 10.2 Å². The van der Waals surface area contributed by atoms with E-state index in [9.17, 15) is 9.59 Å².